The Morgan fingerprint density at radius 2 is 1.66 bits per heavy atom. The van der Waals surface area contributed by atoms with E-state index in [4.69, 9.17) is 11.6 Å². The molecule has 5 atom stereocenters. The van der Waals surface area contributed by atoms with Gasteiger partial charge in [0, 0.05) is 29.9 Å². The summed E-state index contributed by atoms with van der Waals surface area (Å²) in [6.07, 6.45) is 0.374. The van der Waals surface area contributed by atoms with E-state index in [0.717, 1.165) is 6.07 Å². The van der Waals surface area contributed by atoms with Crippen molar-refractivity contribution in [3.63, 3.8) is 0 Å². The SMILES string of the molecule is COC(=O)NC(C(=O)NCC1(O)CC2CC[C@H](C1)C2S(=O)(=O)c1cc(C(=O)Nc2cc(F)c(F)c(F)c2)ccc1Cl)C(C)C. The number of ether oxygens (including phenoxy) is 1. The number of methoxy groups -OCH3 is 1. The molecule has 15 heteroatoms. The van der Waals surface area contributed by atoms with E-state index < -0.39 is 73.9 Å². The maximum absolute atomic E-state index is 13.9. The number of halogens is 4. The fourth-order valence-electron chi connectivity index (χ4n) is 6.21. The van der Waals surface area contributed by atoms with Gasteiger partial charge in [-0.3, -0.25) is 9.59 Å². The summed E-state index contributed by atoms with van der Waals surface area (Å²) in [4.78, 5) is 37.0. The number of aliphatic hydroxyl groups is 1. The number of carbonyl (C=O) groups excluding carboxylic acids is 3. The zero-order chi connectivity index (χ0) is 32.6. The molecule has 2 aromatic carbocycles. The Labute approximate surface area is 257 Å². The van der Waals surface area contributed by atoms with Crippen molar-refractivity contribution in [2.75, 3.05) is 19.0 Å². The van der Waals surface area contributed by atoms with Gasteiger partial charge in [-0.15, -0.1) is 0 Å². The number of fused-ring (bicyclic) bond motifs is 2. The van der Waals surface area contributed by atoms with Crippen molar-refractivity contribution in [3.8, 4) is 0 Å². The monoisotopic (exact) mass is 659 g/mol. The first kappa shape index (κ1) is 33.5. The highest BCUT2D eigenvalue weighted by Gasteiger charge is 2.54. The first-order valence-corrected chi connectivity index (χ1v) is 15.8. The average Bonchev–Trinajstić information content (AvgIpc) is 3.26. The van der Waals surface area contributed by atoms with Crippen molar-refractivity contribution >= 4 is 45.0 Å². The molecule has 3 amide bonds. The molecule has 0 aromatic heterocycles. The van der Waals surface area contributed by atoms with Crippen LogP contribution in [0.3, 0.4) is 0 Å². The number of benzene rings is 2. The van der Waals surface area contributed by atoms with Gasteiger partial charge in [-0.05, 0) is 61.6 Å². The summed E-state index contributed by atoms with van der Waals surface area (Å²) in [6.45, 7) is 3.31. The van der Waals surface area contributed by atoms with Crippen LogP contribution in [0.2, 0.25) is 5.02 Å². The Bertz CT molecular complexity index is 1540. The molecule has 4 rings (SSSR count). The number of rotatable bonds is 9. The minimum absolute atomic E-state index is 0.0734. The third kappa shape index (κ3) is 6.97. The molecule has 2 bridgehead atoms. The van der Waals surface area contributed by atoms with Gasteiger partial charge < -0.3 is 25.8 Å². The van der Waals surface area contributed by atoms with E-state index in [1.54, 1.807) is 13.8 Å². The minimum Gasteiger partial charge on any atom is -0.453 e. The summed E-state index contributed by atoms with van der Waals surface area (Å²) in [7, 11) is -2.97. The molecule has 0 saturated heterocycles. The highest BCUT2D eigenvalue weighted by molar-refractivity contribution is 7.92. The molecule has 0 radical (unpaired) electrons. The van der Waals surface area contributed by atoms with Gasteiger partial charge in [0.25, 0.3) is 5.91 Å². The van der Waals surface area contributed by atoms with Crippen molar-refractivity contribution in [1.29, 1.82) is 0 Å². The summed E-state index contributed by atoms with van der Waals surface area (Å²) in [5, 5.41) is 17.7. The Balaban J connectivity index is 1.49. The molecule has 0 spiro atoms. The second kappa shape index (κ2) is 12.9. The van der Waals surface area contributed by atoms with Crippen molar-refractivity contribution in [2.45, 2.75) is 61.3 Å². The van der Waals surface area contributed by atoms with Crippen LogP contribution in [0, 0.1) is 35.2 Å². The van der Waals surface area contributed by atoms with Crippen molar-refractivity contribution in [1.82, 2.24) is 10.6 Å². The maximum Gasteiger partial charge on any atom is 0.407 e. The lowest BCUT2D eigenvalue weighted by Crippen LogP contribution is -2.55. The van der Waals surface area contributed by atoms with Gasteiger partial charge in [-0.2, -0.15) is 0 Å². The predicted molar refractivity (Wildman–Crippen MR) is 154 cm³/mol. The zero-order valence-electron chi connectivity index (χ0n) is 24.1. The number of anilines is 1. The van der Waals surface area contributed by atoms with Gasteiger partial charge in [0.2, 0.25) is 5.91 Å². The van der Waals surface area contributed by atoms with Crippen molar-refractivity contribution in [2.24, 2.45) is 17.8 Å². The number of carbonyl (C=O) groups is 3. The molecule has 44 heavy (non-hydrogen) atoms. The quantitative estimate of drug-likeness (QED) is 0.295. The molecule has 2 aliphatic rings. The summed E-state index contributed by atoms with van der Waals surface area (Å²) in [6, 6.07) is 3.80. The van der Waals surface area contributed by atoms with E-state index in [0.29, 0.717) is 25.0 Å². The summed E-state index contributed by atoms with van der Waals surface area (Å²) >= 11 is 6.29. The predicted octanol–water partition coefficient (Wildman–Crippen LogP) is 4.20. The van der Waals surface area contributed by atoms with Gasteiger partial charge in [-0.25, -0.2) is 26.4 Å². The summed E-state index contributed by atoms with van der Waals surface area (Å²) < 4.78 is 72.9. The van der Waals surface area contributed by atoms with Gasteiger partial charge in [0.05, 0.1) is 27.9 Å². The number of sulfone groups is 1. The Hall–Kier alpha value is -3.36. The molecule has 10 nitrogen and oxygen atoms in total. The minimum atomic E-state index is -4.14. The number of amides is 3. The Morgan fingerprint density at radius 3 is 2.20 bits per heavy atom. The van der Waals surface area contributed by atoms with Gasteiger partial charge in [0.15, 0.2) is 27.3 Å². The first-order chi connectivity index (χ1) is 20.6. The fraction of sp³-hybridized carbons (Fsp3) is 0.483. The second-order valence-corrected chi connectivity index (χ2v) is 14.1. The fourth-order valence-corrected chi connectivity index (χ4v) is 9.05. The molecular formula is C29H33ClF3N3O7S. The molecule has 2 aliphatic carbocycles. The Morgan fingerprint density at radius 1 is 1.07 bits per heavy atom. The van der Waals surface area contributed by atoms with Gasteiger partial charge in [-0.1, -0.05) is 25.4 Å². The second-order valence-electron chi connectivity index (χ2n) is 11.7. The van der Waals surface area contributed by atoms with E-state index in [2.05, 4.69) is 20.7 Å². The molecule has 2 fully saturated rings. The van der Waals surface area contributed by atoms with Crippen LogP contribution in [0.1, 0.15) is 49.9 Å². The number of alkyl carbamates (subject to hydrolysis) is 1. The molecule has 240 valence electrons. The van der Waals surface area contributed by atoms with Crippen LogP contribution in [0.15, 0.2) is 35.2 Å². The topological polar surface area (TPSA) is 151 Å². The molecule has 0 aliphatic heterocycles. The van der Waals surface area contributed by atoms with E-state index in [9.17, 15) is 41.1 Å². The first-order valence-electron chi connectivity index (χ1n) is 13.9. The van der Waals surface area contributed by atoms with Gasteiger partial charge in [0.1, 0.15) is 6.04 Å². The molecule has 2 saturated carbocycles. The lowest BCUT2D eigenvalue weighted by molar-refractivity contribution is -0.126. The largest absolute Gasteiger partial charge is 0.453 e. The van der Waals surface area contributed by atoms with Crippen LogP contribution >= 0.6 is 11.6 Å². The van der Waals surface area contributed by atoms with E-state index in [1.807, 2.05) is 0 Å². The van der Waals surface area contributed by atoms with Crippen molar-refractivity contribution < 1.29 is 45.8 Å². The van der Waals surface area contributed by atoms with Crippen LogP contribution in [0.25, 0.3) is 0 Å². The van der Waals surface area contributed by atoms with Crippen LogP contribution in [-0.2, 0) is 19.4 Å². The average molecular weight is 660 g/mol. The third-order valence-electron chi connectivity index (χ3n) is 8.22. The van der Waals surface area contributed by atoms with E-state index in [-0.39, 0.29) is 46.5 Å². The highest BCUT2D eigenvalue weighted by Crippen LogP contribution is 2.51. The number of hydrogen-bond donors (Lipinski definition) is 4. The lowest BCUT2D eigenvalue weighted by atomic mass is 9.77. The third-order valence-corrected chi connectivity index (χ3v) is 11.1. The van der Waals surface area contributed by atoms with Crippen LogP contribution in [0.4, 0.5) is 23.7 Å². The lowest BCUT2D eigenvalue weighted by Gasteiger charge is -2.41. The van der Waals surface area contributed by atoms with E-state index in [1.165, 1.54) is 19.2 Å². The van der Waals surface area contributed by atoms with E-state index >= 15 is 0 Å². The summed E-state index contributed by atoms with van der Waals surface area (Å²) in [5.41, 5.74) is -1.94. The van der Waals surface area contributed by atoms with Crippen molar-refractivity contribution in [3.05, 3.63) is 58.4 Å². The highest BCUT2D eigenvalue weighted by atomic mass is 35.5. The molecule has 0 heterocycles. The molecule has 4 unspecified atom stereocenters. The summed E-state index contributed by atoms with van der Waals surface area (Å²) in [5.74, 6) is -7.37. The molecular weight excluding hydrogens is 627 g/mol. The Kier molecular flexibility index (Phi) is 9.86. The number of hydrogen-bond acceptors (Lipinski definition) is 7. The maximum atomic E-state index is 13.9. The van der Waals surface area contributed by atoms with Crippen LogP contribution in [0.5, 0.6) is 0 Å². The van der Waals surface area contributed by atoms with Crippen LogP contribution in [-0.4, -0.2) is 62.0 Å². The molecule has 2 aromatic rings. The normalized spacial score (nSPS) is 23.6. The number of nitrogens with one attached hydrogen (secondary N) is 3. The van der Waals surface area contributed by atoms with Crippen LogP contribution < -0.4 is 16.0 Å². The molecule has 4 N–H and O–H groups in total. The standard InChI is InChI=1S/C29H33ClF3N3O7S/c1-14(2)24(36-28(39)43-3)27(38)34-13-29(40)11-16-4-5-17(12-29)25(16)44(41,42)22-8-15(6-7-19(22)30)26(37)35-18-9-20(31)23(33)21(32)10-18/h6-10,14,16-17,24-25,40H,4-5,11-13H2,1-3H3,(H,34,38)(H,35,37)(H,36,39)/t16-,17?,24?,25?,29?/m1/s1. The van der Waals surface area contributed by atoms with Gasteiger partial charge >= 0.3 is 6.09 Å². The smallest absolute Gasteiger partial charge is 0.407 e. The zero-order valence-corrected chi connectivity index (χ0v) is 25.7.